The Hall–Kier alpha value is -3.89. The average molecular weight is 432 g/mol. The molecule has 4 aromatic rings. The molecule has 0 amide bonds. The van der Waals surface area contributed by atoms with Crippen molar-refractivity contribution >= 4 is 28.5 Å². The van der Waals surface area contributed by atoms with E-state index in [2.05, 4.69) is 30.6 Å². The Morgan fingerprint density at radius 3 is 2.48 bits per heavy atom. The van der Waals surface area contributed by atoms with Crippen LogP contribution in [0.3, 0.4) is 0 Å². The van der Waals surface area contributed by atoms with E-state index in [-0.39, 0.29) is 24.3 Å². The highest BCUT2D eigenvalue weighted by Crippen LogP contribution is 2.22. The highest BCUT2D eigenvalue weighted by atomic mass is 19.4. The maximum Gasteiger partial charge on any atom is 0.422 e. The zero-order valence-corrected chi connectivity index (χ0v) is 15.9. The molecule has 2 aromatic carbocycles. The lowest BCUT2D eigenvalue weighted by atomic mass is 10.2. The van der Waals surface area contributed by atoms with Crippen LogP contribution in [0.15, 0.2) is 54.7 Å². The van der Waals surface area contributed by atoms with E-state index in [1.54, 1.807) is 30.5 Å². The van der Waals surface area contributed by atoms with Gasteiger partial charge in [0.25, 0.3) is 0 Å². The Balaban J connectivity index is 1.56. The van der Waals surface area contributed by atoms with Gasteiger partial charge in [-0.3, -0.25) is 0 Å². The third-order valence-corrected chi connectivity index (χ3v) is 4.15. The van der Waals surface area contributed by atoms with E-state index in [9.17, 15) is 17.6 Å². The highest BCUT2D eigenvalue weighted by Gasteiger charge is 2.29. The maximum atomic E-state index is 13.0. The van der Waals surface area contributed by atoms with Crippen molar-refractivity contribution in [3.05, 3.63) is 66.1 Å². The Labute approximate surface area is 173 Å². The fourth-order valence-corrected chi connectivity index (χ4v) is 2.74. The van der Waals surface area contributed by atoms with Gasteiger partial charge in [-0.25, -0.2) is 4.39 Å². The predicted molar refractivity (Wildman–Crippen MR) is 107 cm³/mol. The molecule has 2 heterocycles. The first-order valence-corrected chi connectivity index (χ1v) is 9.12. The number of alkyl halides is 3. The number of anilines is 3. The topological polar surface area (TPSA) is 87.8 Å². The van der Waals surface area contributed by atoms with Crippen LogP contribution in [0.2, 0.25) is 0 Å². The quantitative estimate of drug-likeness (QED) is 0.364. The first-order valence-electron chi connectivity index (χ1n) is 9.12. The first kappa shape index (κ1) is 20.4. The lowest BCUT2D eigenvalue weighted by Gasteiger charge is -2.12. The van der Waals surface area contributed by atoms with Gasteiger partial charge in [0, 0.05) is 23.9 Å². The molecule has 0 unspecified atom stereocenters. The number of hydrogen-bond donors (Lipinski definition) is 3. The second-order valence-electron chi connectivity index (χ2n) is 6.55. The molecule has 0 saturated heterocycles. The summed E-state index contributed by atoms with van der Waals surface area (Å²) in [4.78, 5) is 15.0. The Morgan fingerprint density at radius 2 is 1.71 bits per heavy atom. The molecule has 0 saturated carbocycles. The van der Waals surface area contributed by atoms with Gasteiger partial charge in [-0.2, -0.15) is 28.1 Å². The van der Waals surface area contributed by atoms with Crippen LogP contribution >= 0.6 is 0 Å². The van der Waals surface area contributed by atoms with Gasteiger partial charge in [0.2, 0.25) is 11.9 Å². The van der Waals surface area contributed by atoms with E-state index in [1.807, 2.05) is 12.1 Å². The lowest BCUT2D eigenvalue weighted by molar-refractivity contribution is -0.154. The minimum absolute atomic E-state index is 0.0000452. The van der Waals surface area contributed by atoms with Crippen LogP contribution in [0.4, 0.5) is 35.1 Å². The molecule has 160 valence electrons. The lowest BCUT2D eigenvalue weighted by Crippen LogP contribution is -2.21. The third-order valence-electron chi connectivity index (χ3n) is 4.15. The normalized spacial score (nSPS) is 11.5. The number of nitrogens with zero attached hydrogens (tertiary/aromatic N) is 3. The molecule has 0 radical (unpaired) electrons. The van der Waals surface area contributed by atoms with Gasteiger partial charge in [0.05, 0.1) is 0 Å². The minimum Gasteiger partial charge on any atom is -0.454 e. The van der Waals surface area contributed by atoms with E-state index in [4.69, 9.17) is 4.74 Å². The number of nitrogens with one attached hydrogen (secondary N) is 3. The van der Waals surface area contributed by atoms with E-state index in [0.717, 1.165) is 16.5 Å². The van der Waals surface area contributed by atoms with Crippen LogP contribution in [-0.2, 0) is 6.54 Å². The molecule has 4 rings (SSSR count). The zero-order valence-electron chi connectivity index (χ0n) is 15.9. The fourth-order valence-electron chi connectivity index (χ4n) is 2.74. The van der Waals surface area contributed by atoms with Crippen molar-refractivity contribution in [1.82, 2.24) is 19.9 Å². The highest BCUT2D eigenvalue weighted by molar-refractivity contribution is 5.83. The number of halogens is 4. The van der Waals surface area contributed by atoms with Gasteiger partial charge in [-0.15, -0.1) is 0 Å². The van der Waals surface area contributed by atoms with Gasteiger partial charge in [0.15, 0.2) is 6.61 Å². The molecule has 31 heavy (non-hydrogen) atoms. The van der Waals surface area contributed by atoms with Crippen molar-refractivity contribution in [3.63, 3.8) is 0 Å². The SMILES string of the molecule is Fc1ccc(CNc2nc(Nc3ccc4cc[nH]c4c3)nc(OCC(F)(F)F)n2)cc1. The number of fused-ring (bicyclic) bond motifs is 1. The Morgan fingerprint density at radius 1 is 0.935 bits per heavy atom. The summed E-state index contributed by atoms with van der Waals surface area (Å²) in [6.45, 7) is -1.32. The Bertz CT molecular complexity index is 1180. The van der Waals surface area contributed by atoms with E-state index < -0.39 is 18.8 Å². The third kappa shape index (κ3) is 5.59. The molecular formula is C20H16F4N6O. The molecule has 11 heteroatoms. The van der Waals surface area contributed by atoms with Gasteiger partial charge >= 0.3 is 12.2 Å². The van der Waals surface area contributed by atoms with Crippen LogP contribution in [0.25, 0.3) is 10.9 Å². The minimum atomic E-state index is -4.54. The second kappa shape index (κ2) is 8.46. The predicted octanol–water partition coefficient (Wildman–Crippen LogP) is 4.79. The molecule has 0 aliphatic heterocycles. The summed E-state index contributed by atoms with van der Waals surface area (Å²) in [5, 5.41) is 6.81. The summed E-state index contributed by atoms with van der Waals surface area (Å²) in [6, 6.07) is 12.6. The number of rotatable bonds is 7. The number of H-pyrrole nitrogens is 1. The first-order chi connectivity index (χ1) is 14.8. The molecule has 7 nitrogen and oxygen atoms in total. The largest absolute Gasteiger partial charge is 0.454 e. The van der Waals surface area contributed by atoms with Crippen LogP contribution in [0.5, 0.6) is 6.01 Å². The number of aromatic nitrogens is 4. The summed E-state index contributed by atoms with van der Waals surface area (Å²) in [7, 11) is 0. The van der Waals surface area contributed by atoms with Crippen molar-refractivity contribution in [2.45, 2.75) is 12.7 Å². The zero-order chi connectivity index (χ0) is 21.8. The van der Waals surface area contributed by atoms with Crippen molar-refractivity contribution in [2.24, 2.45) is 0 Å². The number of benzene rings is 2. The van der Waals surface area contributed by atoms with Gasteiger partial charge in [0.1, 0.15) is 5.82 Å². The summed E-state index contributed by atoms with van der Waals surface area (Å²) < 4.78 is 55.4. The summed E-state index contributed by atoms with van der Waals surface area (Å²) >= 11 is 0. The van der Waals surface area contributed by atoms with E-state index in [1.165, 1.54) is 12.1 Å². The van der Waals surface area contributed by atoms with Crippen LogP contribution in [0, 0.1) is 5.82 Å². The molecular weight excluding hydrogens is 416 g/mol. The van der Waals surface area contributed by atoms with Crippen LogP contribution < -0.4 is 15.4 Å². The molecule has 2 aromatic heterocycles. The Kier molecular flexibility index (Phi) is 5.56. The van der Waals surface area contributed by atoms with E-state index >= 15 is 0 Å². The standard InChI is InChI=1S/C20H16F4N6O/c21-14-4-1-12(2-5-14)10-26-17-28-18(30-19(29-17)31-11-20(22,23)24)27-15-6-3-13-7-8-25-16(13)9-15/h1-9,25H,10-11H2,(H2,26,27,28,29,30). The summed E-state index contributed by atoms with van der Waals surface area (Å²) in [5.41, 5.74) is 2.21. The van der Waals surface area contributed by atoms with Gasteiger partial charge in [-0.1, -0.05) is 18.2 Å². The van der Waals surface area contributed by atoms with Crippen LogP contribution in [0.1, 0.15) is 5.56 Å². The monoisotopic (exact) mass is 432 g/mol. The van der Waals surface area contributed by atoms with Gasteiger partial charge < -0.3 is 20.4 Å². The molecule has 3 N–H and O–H groups in total. The van der Waals surface area contributed by atoms with Crippen LogP contribution in [-0.4, -0.2) is 32.7 Å². The second-order valence-corrected chi connectivity index (χ2v) is 6.55. The van der Waals surface area contributed by atoms with Crippen molar-refractivity contribution < 1.29 is 22.3 Å². The summed E-state index contributed by atoms with van der Waals surface area (Å²) in [5.74, 6) is -0.378. The van der Waals surface area contributed by atoms with Gasteiger partial charge in [-0.05, 0) is 41.3 Å². The molecule has 0 aliphatic rings. The molecule has 0 atom stereocenters. The molecule has 0 bridgehead atoms. The number of aromatic amines is 1. The molecule has 0 aliphatic carbocycles. The van der Waals surface area contributed by atoms with E-state index in [0.29, 0.717) is 5.69 Å². The number of ether oxygens (including phenoxy) is 1. The van der Waals surface area contributed by atoms with Crippen molar-refractivity contribution in [2.75, 3.05) is 17.2 Å². The fraction of sp³-hybridized carbons (Fsp3) is 0.150. The van der Waals surface area contributed by atoms with Crippen molar-refractivity contribution in [1.29, 1.82) is 0 Å². The molecule has 0 fully saturated rings. The maximum absolute atomic E-state index is 13.0. The number of hydrogen-bond acceptors (Lipinski definition) is 6. The summed E-state index contributed by atoms with van der Waals surface area (Å²) in [6.07, 6.45) is -2.75. The molecule has 0 spiro atoms. The smallest absolute Gasteiger partial charge is 0.422 e. The average Bonchev–Trinajstić information content (AvgIpc) is 3.19. The van der Waals surface area contributed by atoms with Crippen molar-refractivity contribution in [3.8, 4) is 6.01 Å².